The van der Waals surface area contributed by atoms with Gasteiger partial charge in [0.05, 0.1) is 29.8 Å². The summed E-state index contributed by atoms with van der Waals surface area (Å²) in [7, 11) is 3.80. The molecule has 3 rings (SSSR count). The van der Waals surface area contributed by atoms with Gasteiger partial charge in [0.2, 0.25) is 0 Å². The summed E-state index contributed by atoms with van der Waals surface area (Å²) >= 11 is 1.68. The van der Waals surface area contributed by atoms with Crippen molar-refractivity contribution in [3.05, 3.63) is 46.2 Å². The van der Waals surface area contributed by atoms with Gasteiger partial charge in [-0.3, -0.25) is 4.99 Å². The number of nitrogens with zero attached hydrogens (tertiary/aromatic N) is 4. The molecule has 0 saturated carbocycles. The number of para-hydroxylation sites is 2. The molecule has 25 heavy (non-hydrogen) atoms. The monoisotopic (exact) mass is 356 g/mol. The molecule has 3 aromatic rings. The quantitative estimate of drug-likeness (QED) is 0.545. The Morgan fingerprint density at radius 2 is 1.96 bits per heavy atom. The van der Waals surface area contributed by atoms with Gasteiger partial charge in [0.15, 0.2) is 5.96 Å². The summed E-state index contributed by atoms with van der Waals surface area (Å²) in [4.78, 5) is 13.6. The number of imidazole rings is 1. The lowest BCUT2D eigenvalue weighted by Gasteiger charge is -2.11. The van der Waals surface area contributed by atoms with Gasteiger partial charge < -0.3 is 15.2 Å². The van der Waals surface area contributed by atoms with Crippen LogP contribution in [0.2, 0.25) is 0 Å². The van der Waals surface area contributed by atoms with E-state index in [1.54, 1.807) is 18.4 Å². The van der Waals surface area contributed by atoms with Crippen LogP contribution in [0.15, 0.2) is 34.6 Å². The molecular weight excluding hydrogens is 332 g/mol. The number of thiazole rings is 1. The summed E-state index contributed by atoms with van der Waals surface area (Å²) in [5.74, 6) is 2.17. The van der Waals surface area contributed by atoms with Gasteiger partial charge in [-0.1, -0.05) is 26.0 Å². The molecule has 2 aromatic heterocycles. The van der Waals surface area contributed by atoms with Crippen molar-refractivity contribution in [2.45, 2.75) is 32.9 Å². The van der Waals surface area contributed by atoms with Crippen LogP contribution >= 0.6 is 11.3 Å². The standard InChI is InChI=1S/C18H24N6S/c1-12(2)14-11-25-17(23-14)10-21-18(19-3)20-9-16-22-13-7-5-6-8-15(13)24(16)4/h5-8,11-12H,9-10H2,1-4H3,(H2,19,20,21). The van der Waals surface area contributed by atoms with E-state index in [1.165, 1.54) is 0 Å². The number of aromatic nitrogens is 3. The van der Waals surface area contributed by atoms with Crippen LogP contribution in [0.25, 0.3) is 11.0 Å². The van der Waals surface area contributed by atoms with Crippen molar-refractivity contribution >= 4 is 28.3 Å². The maximum atomic E-state index is 4.67. The Morgan fingerprint density at radius 1 is 1.20 bits per heavy atom. The SMILES string of the molecule is CN=C(NCc1nc(C(C)C)cs1)NCc1nc2ccccc2n1C. The van der Waals surface area contributed by atoms with E-state index >= 15 is 0 Å². The fourth-order valence-electron chi connectivity index (χ4n) is 2.57. The summed E-state index contributed by atoms with van der Waals surface area (Å²) < 4.78 is 2.10. The van der Waals surface area contributed by atoms with E-state index in [1.807, 2.05) is 25.2 Å². The first-order valence-electron chi connectivity index (χ1n) is 8.37. The zero-order valence-electron chi connectivity index (χ0n) is 15.1. The molecule has 0 atom stereocenters. The summed E-state index contributed by atoms with van der Waals surface area (Å²) in [6, 6.07) is 8.14. The van der Waals surface area contributed by atoms with Crippen LogP contribution in [-0.2, 0) is 20.1 Å². The molecule has 0 spiro atoms. The zero-order chi connectivity index (χ0) is 17.8. The lowest BCUT2D eigenvalue weighted by Crippen LogP contribution is -2.36. The molecule has 0 saturated heterocycles. The number of aryl methyl sites for hydroxylation is 1. The van der Waals surface area contributed by atoms with Crippen molar-refractivity contribution < 1.29 is 0 Å². The second-order valence-electron chi connectivity index (χ2n) is 6.18. The first kappa shape index (κ1) is 17.4. The van der Waals surface area contributed by atoms with E-state index in [0.29, 0.717) is 19.0 Å². The summed E-state index contributed by atoms with van der Waals surface area (Å²) in [6.45, 7) is 5.59. The normalized spacial score (nSPS) is 12.1. The van der Waals surface area contributed by atoms with E-state index in [0.717, 1.165) is 33.5 Å². The first-order chi connectivity index (χ1) is 12.1. The third-order valence-corrected chi connectivity index (χ3v) is 4.95. The predicted octanol–water partition coefficient (Wildman–Crippen LogP) is 3.02. The number of aliphatic imine (C=N–C) groups is 1. The van der Waals surface area contributed by atoms with Crippen LogP contribution in [0, 0.1) is 0 Å². The van der Waals surface area contributed by atoms with E-state index in [-0.39, 0.29) is 0 Å². The van der Waals surface area contributed by atoms with Crippen molar-refractivity contribution in [3.8, 4) is 0 Å². The predicted molar refractivity (Wildman–Crippen MR) is 104 cm³/mol. The number of nitrogens with one attached hydrogen (secondary N) is 2. The number of hydrogen-bond donors (Lipinski definition) is 2. The minimum atomic E-state index is 0.458. The van der Waals surface area contributed by atoms with Crippen LogP contribution in [0.3, 0.4) is 0 Å². The molecule has 1 aromatic carbocycles. The molecule has 2 heterocycles. The summed E-state index contributed by atoms with van der Waals surface area (Å²) in [6.07, 6.45) is 0. The molecule has 6 nitrogen and oxygen atoms in total. The molecule has 0 aliphatic carbocycles. The Morgan fingerprint density at radius 3 is 2.64 bits per heavy atom. The van der Waals surface area contributed by atoms with Crippen LogP contribution in [0.5, 0.6) is 0 Å². The second kappa shape index (κ2) is 7.65. The molecule has 0 bridgehead atoms. The van der Waals surface area contributed by atoms with Crippen molar-refractivity contribution in [2.24, 2.45) is 12.0 Å². The number of guanidine groups is 1. The van der Waals surface area contributed by atoms with Crippen molar-refractivity contribution in [3.63, 3.8) is 0 Å². The average molecular weight is 356 g/mol. The smallest absolute Gasteiger partial charge is 0.191 e. The molecular formula is C18H24N6S. The van der Waals surface area contributed by atoms with Crippen LogP contribution in [0.1, 0.15) is 36.3 Å². The topological polar surface area (TPSA) is 67.1 Å². The Kier molecular flexibility index (Phi) is 5.33. The molecule has 2 N–H and O–H groups in total. The van der Waals surface area contributed by atoms with Gasteiger partial charge in [-0.25, -0.2) is 9.97 Å². The molecule has 0 aliphatic rings. The molecule has 0 radical (unpaired) electrons. The van der Waals surface area contributed by atoms with E-state index in [2.05, 4.69) is 55.5 Å². The van der Waals surface area contributed by atoms with E-state index in [4.69, 9.17) is 0 Å². The molecule has 0 amide bonds. The summed E-state index contributed by atoms with van der Waals surface area (Å²) in [5, 5.41) is 9.82. The van der Waals surface area contributed by atoms with Crippen molar-refractivity contribution in [2.75, 3.05) is 7.05 Å². The molecule has 7 heteroatoms. The zero-order valence-corrected chi connectivity index (χ0v) is 15.9. The van der Waals surface area contributed by atoms with Crippen LogP contribution in [-0.4, -0.2) is 27.5 Å². The van der Waals surface area contributed by atoms with Gasteiger partial charge >= 0.3 is 0 Å². The van der Waals surface area contributed by atoms with Gasteiger partial charge in [0, 0.05) is 19.5 Å². The highest BCUT2D eigenvalue weighted by molar-refractivity contribution is 7.09. The highest BCUT2D eigenvalue weighted by Crippen LogP contribution is 2.17. The largest absolute Gasteiger partial charge is 0.350 e. The van der Waals surface area contributed by atoms with Crippen LogP contribution < -0.4 is 10.6 Å². The fourth-order valence-corrected chi connectivity index (χ4v) is 3.46. The summed E-state index contributed by atoms with van der Waals surface area (Å²) in [5.41, 5.74) is 3.28. The van der Waals surface area contributed by atoms with Gasteiger partial charge in [0.1, 0.15) is 10.8 Å². The maximum Gasteiger partial charge on any atom is 0.191 e. The second-order valence-corrected chi connectivity index (χ2v) is 7.12. The van der Waals surface area contributed by atoms with Crippen molar-refractivity contribution in [1.29, 1.82) is 0 Å². The molecule has 0 unspecified atom stereocenters. The Labute approximate surface area is 152 Å². The lowest BCUT2D eigenvalue weighted by atomic mass is 10.2. The average Bonchev–Trinajstić information content (AvgIpc) is 3.21. The third-order valence-electron chi connectivity index (χ3n) is 4.09. The maximum absolute atomic E-state index is 4.67. The highest BCUT2D eigenvalue weighted by atomic mass is 32.1. The minimum absolute atomic E-state index is 0.458. The Hall–Kier alpha value is -2.41. The number of benzene rings is 1. The highest BCUT2D eigenvalue weighted by Gasteiger charge is 2.09. The molecule has 0 aliphatic heterocycles. The van der Waals surface area contributed by atoms with Gasteiger partial charge in [-0.2, -0.15) is 0 Å². The van der Waals surface area contributed by atoms with Crippen molar-refractivity contribution in [1.82, 2.24) is 25.2 Å². The van der Waals surface area contributed by atoms with E-state index < -0.39 is 0 Å². The Bertz CT molecular complexity index is 877. The molecule has 132 valence electrons. The number of fused-ring (bicyclic) bond motifs is 1. The minimum Gasteiger partial charge on any atom is -0.350 e. The number of hydrogen-bond acceptors (Lipinski definition) is 4. The van der Waals surface area contributed by atoms with Crippen LogP contribution in [0.4, 0.5) is 0 Å². The van der Waals surface area contributed by atoms with Gasteiger partial charge in [-0.15, -0.1) is 11.3 Å². The van der Waals surface area contributed by atoms with Gasteiger partial charge in [-0.05, 0) is 18.1 Å². The Balaban J connectivity index is 1.59. The van der Waals surface area contributed by atoms with E-state index in [9.17, 15) is 0 Å². The third kappa shape index (κ3) is 3.99. The molecule has 0 fully saturated rings. The lowest BCUT2D eigenvalue weighted by molar-refractivity contribution is 0.733. The first-order valence-corrected chi connectivity index (χ1v) is 9.25. The fraction of sp³-hybridized carbons (Fsp3) is 0.389. The van der Waals surface area contributed by atoms with Gasteiger partial charge in [0.25, 0.3) is 0 Å². The number of rotatable bonds is 5.